The Labute approximate surface area is 219 Å². The van der Waals surface area contributed by atoms with Gasteiger partial charge in [0.1, 0.15) is 17.2 Å². The van der Waals surface area contributed by atoms with Crippen LogP contribution in [0.2, 0.25) is 0 Å². The minimum Gasteiger partial charge on any atom is -0.340 e. The van der Waals surface area contributed by atoms with E-state index in [9.17, 15) is 14.4 Å². The van der Waals surface area contributed by atoms with Gasteiger partial charge in [-0.15, -0.1) is 0 Å². The van der Waals surface area contributed by atoms with E-state index in [0.717, 1.165) is 25.7 Å². The molecule has 1 fully saturated rings. The highest BCUT2D eigenvalue weighted by atomic mass is 19.1. The van der Waals surface area contributed by atoms with Crippen molar-refractivity contribution in [2.75, 3.05) is 15.1 Å². The third-order valence-corrected chi connectivity index (χ3v) is 7.60. The van der Waals surface area contributed by atoms with Gasteiger partial charge in [-0.1, -0.05) is 13.0 Å². The van der Waals surface area contributed by atoms with Crippen LogP contribution in [0, 0.1) is 23.1 Å². The highest BCUT2D eigenvalue weighted by Crippen LogP contribution is 2.43. The molecule has 4 aromatic rings. The molecule has 2 aromatic heterocycles. The second-order valence-corrected chi connectivity index (χ2v) is 10.2. The third-order valence-electron chi connectivity index (χ3n) is 7.60. The zero-order chi connectivity index (χ0) is 26.4. The summed E-state index contributed by atoms with van der Waals surface area (Å²) in [6.45, 7) is 4.17. The van der Waals surface area contributed by atoms with Gasteiger partial charge in [-0.05, 0) is 68.9 Å². The Hall–Kier alpha value is -4.52. The molecule has 0 bridgehead atoms. The molecule has 0 spiro atoms. The van der Waals surface area contributed by atoms with Crippen LogP contribution in [0.25, 0.3) is 10.9 Å². The largest absolute Gasteiger partial charge is 0.340 e. The molecule has 0 saturated heterocycles. The molecule has 2 N–H and O–H groups in total. The maximum atomic E-state index is 14.6. The average molecular weight is 511 g/mol. The molecule has 1 aliphatic heterocycles. The summed E-state index contributed by atoms with van der Waals surface area (Å²) < 4.78 is 14.6. The molecule has 0 radical (unpaired) electrons. The van der Waals surface area contributed by atoms with Crippen molar-refractivity contribution in [1.29, 1.82) is 5.26 Å². The fourth-order valence-electron chi connectivity index (χ4n) is 5.59. The normalized spacial score (nSPS) is 21.3. The van der Waals surface area contributed by atoms with Gasteiger partial charge in [0.05, 0.1) is 29.7 Å². The van der Waals surface area contributed by atoms with E-state index in [0.29, 0.717) is 51.2 Å². The zero-order valence-electron chi connectivity index (χ0n) is 21.1. The number of anilines is 5. The van der Waals surface area contributed by atoms with Gasteiger partial charge in [0.25, 0.3) is 5.91 Å². The maximum Gasteiger partial charge on any atom is 0.254 e. The molecule has 192 valence electrons. The lowest BCUT2D eigenvalue weighted by Crippen LogP contribution is -2.55. The number of aromatic amines is 1. The van der Waals surface area contributed by atoms with Crippen LogP contribution in [-0.4, -0.2) is 38.2 Å². The first-order valence-corrected chi connectivity index (χ1v) is 12.8. The number of rotatable bonds is 4. The Morgan fingerprint density at radius 1 is 1.13 bits per heavy atom. The van der Waals surface area contributed by atoms with Gasteiger partial charge in [-0.3, -0.25) is 14.8 Å². The summed E-state index contributed by atoms with van der Waals surface area (Å²) in [4.78, 5) is 26.9. The molecular formula is C28H27FN8O. The predicted octanol–water partition coefficient (Wildman–Crippen LogP) is 5.56. The lowest BCUT2D eigenvalue weighted by molar-refractivity contribution is -0.119. The minimum atomic E-state index is -0.464. The first-order chi connectivity index (χ1) is 18.4. The van der Waals surface area contributed by atoms with Crippen molar-refractivity contribution in [3.63, 3.8) is 0 Å². The Morgan fingerprint density at radius 3 is 2.74 bits per heavy atom. The first kappa shape index (κ1) is 23.9. The summed E-state index contributed by atoms with van der Waals surface area (Å²) >= 11 is 0. The number of nitrogens with zero attached hydrogens (tertiary/aromatic N) is 6. The Bertz CT molecular complexity index is 1570. The molecule has 9 nitrogen and oxygen atoms in total. The monoisotopic (exact) mass is 510 g/mol. The number of hydrogen-bond donors (Lipinski definition) is 2. The van der Waals surface area contributed by atoms with E-state index in [1.165, 1.54) is 6.07 Å². The van der Waals surface area contributed by atoms with E-state index in [1.54, 1.807) is 41.6 Å². The van der Waals surface area contributed by atoms with Crippen molar-refractivity contribution >= 4 is 45.6 Å². The van der Waals surface area contributed by atoms with E-state index in [4.69, 9.17) is 4.98 Å². The molecule has 1 amide bonds. The number of carbonyl (C=O) groups is 1. The Balaban J connectivity index is 1.44. The molecular weight excluding hydrogens is 483 g/mol. The highest BCUT2D eigenvalue weighted by molar-refractivity contribution is 6.10. The van der Waals surface area contributed by atoms with Gasteiger partial charge in [-0.2, -0.15) is 15.3 Å². The summed E-state index contributed by atoms with van der Waals surface area (Å²) in [5.41, 5.74) is 2.44. The van der Waals surface area contributed by atoms with E-state index < -0.39 is 11.9 Å². The smallest absolute Gasteiger partial charge is 0.254 e. The predicted molar refractivity (Wildman–Crippen MR) is 143 cm³/mol. The number of halogens is 1. The fraction of sp³-hybridized carbons (Fsp3) is 0.321. The number of nitrogens with one attached hydrogen (secondary N) is 2. The van der Waals surface area contributed by atoms with Crippen molar-refractivity contribution < 1.29 is 9.18 Å². The van der Waals surface area contributed by atoms with Crippen LogP contribution in [0.15, 0.2) is 48.8 Å². The summed E-state index contributed by atoms with van der Waals surface area (Å²) in [6.07, 6.45) is 7.30. The van der Waals surface area contributed by atoms with Crippen molar-refractivity contribution in [3.8, 4) is 6.07 Å². The van der Waals surface area contributed by atoms with E-state index in [-0.39, 0.29) is 11.9 Å². The van der Waals surface area contributed by atoms with Crippen LogP contribution < -0.4 is 15.1 Å². The van der Waals surface area contributed by atoms with E-state index >= 15 is 0 Å². The summed E-state index contributed by atoms with van der Waals surface area (Å²) in [7, 11) is 0. The molecule has 1 atom stereocenters. The summed E-state index contributed by atoms with van der Waals surface area (Å²) in [5.74, 6) is 1.07. The van der Waals surface area contributed by atoms with Crippen LogP contribution in [0.4, 0.5) is 33.2 Å². The van der Waals surface area contributed by atoms with Crippen LogP contribution >= 0.6 is 0 Å². The molecule has 10 heteroatoms. The second-order valence-electron chi connectivity index (χ2n) is 10.2. The van der Waals surface area contributed by atoms with Gasteiger partial charge < -0.3 is 10.2 Å². The lowest BCUT2D eigenvalue weighted by atomic mass is 9.85. The van der Waals surface area contributed by atoms with Crippen LogP contribution in [0.1, 0.15) is 45.1 Å². The first-order valence-electron chi connectivity index (χ1n) is 12.8. The van der Waals surface area contributed by atoms with Gasteiger partial charge in [-0.25, -0.2) is 9.37 Å². The number of hydrogen-bond acceptors (Lipinski definition) is 7. The molecule has 3 heterocycles. The van der Waals surface area contributed by atoms with Gasteiger partial charge in [0.2, 0.25) is 5.95 Å². The van der Waals surface area contributed by atoms with Crippen LogP contribution in [0.5, 0.6) is 0 Å². The minimum absolute atomic E-state index is 0.0944. The fourth-order valence-corrected chi connectivity index (χ4v) is 5.59. The number of carbonyl (C=O) groups excluding carboxylic acids is 1. The summed E-state index contributed by atoms with van der Waals surface area (Å²) in [5, 5.41) is 19.8. The molecule has 2 aromatic carbocycles. The topological polar surface area (TPSA) is 114 Å². The second kappa shape index (κ2) is 9.41. The number of aromatic nitrogens is 4. The van der Waals surface area contributed by atoms with Gasteiger partial charge in [0, 0.05) is 17.1 Å². The zero-order valence-corrected chi connectivity index (χ0v) is 21.1. The number of benzene rings is 2. The Morgan fingerprint density at radius 2 is 1.95 bits per heavy atom. The van der Waals surface area contributed by atoms with Crippen molar-refractivity contribution in [2.45, 2.75) is 51.6 Å². The van der Waals surface area contributed by atoms with Gasteiger partial charge in [0.15, 0.2) is 11.6 Å². The number of fused-ring (bicyclic) bond motifs is 2. The third kappa shape index (κ3) is 4.10. The van der Waals surface area contributed by atoms with Crippen LogP contribution in [0.3, 0.4) is 0 Å². The van der Waals surface area contributed by atoms with Crippen molar-refractivity contribution in [3.05, 3.63) is 60.2 Å². The van der Waals surface area contributed by atoms with Gasteiger partial charge >= 0.3 is 0 Å². The summed E-state index contributed by atoms with van der Waals surface area (Å²) in [6, 6.07) is 12.0. The molecule has 1 aliphatic carbocycles. The molecule has 38 heavy (non-hydrogen) atoms. The Kier molecular flexibility index (Phi) is 5.91. The van der Waals surface area contributed by atoms with Crippen molar-refractivity contribution in [1.82, 2.24) is 20.2 Å². The highest BCUT2D eigenvalue weighted by Gasteiger charge is 2.41. The maximum absolute atomic E-state index is 14.6. The quantitative estimate of drug-likeness (QED) is 0.369. The van der Waals surface area contributed by atoms with E-state index in [2.05, 4.69) is 38.4 Å². The van der Waals surface area contributed by atoms with Crippen molar-refractivity contribution in [2.24, 2.45) is 5.92 Å². The molecule has 0 unspecified atom stereocenters. The standard InChI is InChI=1S/C28H27FN8O/c1-16-6-8-21(9-7-16)36-17(2)27(38)37(22-5-3-4-18(10-22)13-30)24-15-31-28(34-26(24)36)33-20-11-19-14-32-35-25(19)23(29)12-20/h3-5,10-12,14-17,21H,6-9H2,1-2H3,(H,32,35)(H,31,33,34)/t16-,17-,21+/m1/s1. The SMILES string of the molecule is C[C@@H]1C(=O)N(c2cccc(C#N)c2)c2cnc(Nc3cc(F)c4[nH]ncc4c3)nc2N1[C@H]1CC[C@@H](C)CC1. The molecule has 1 saturated carbocycles. The van der Waals surface area contributed by atoms with Crippen LogP contribution in [-0.2, 0) is 4.79 Å². The number of H-pyrrole nitrogens is 1. The number of amides is 1. The lowest BCUT2D eigenvalue weighted by Gasteiger charge is -2.46. The molecule has 6 rings (SSSR count). The van der Waals surface area contributed by atoms with E-state index in [1.807, 2.05) is 13.0 Å². The average Bonchev–Trinajstić information content (AvgIpc) is 3.40. The number of nitriles is 1. The molecule has 2 aliphatic rings.